The van der Waals surface area contributed by atoms with Crippen LogP contribution in [0.5, 0.6) is 0 Å². The second-order valence-electron chi connectivity index (χ2n) is 5.14. The first kappa shape index (κ1) is 15.0. The van der Waals surface area contributed by atoms with Crippen LogP contribution in [0.3, 0.4) is 0 Å². The summed E-state index contributed by atoms with van der Waals surface area (Å²) in [5.41, 5.74) is 1.31. The van der Waals surface area contributed by atoms with E-state index in [-0.39, 0.29) is 6.04 Å². The lowest BCUT2D eigenvalue weighted by Crippen LogP contribution is -2.40. The van der Waals surface area contributed by atoms with Gasteiger partial charge in [-0.05, 0) is 49.9 Å². The van der Waals surface area contributed by atoms with Crippen molar-refractivity contribution in [3.05, 3.63) is 34.3 Å². The van der Waals surface area contributed by atoms with Crippen molar-refractivity contribution in [3.8, 4) is 0 Å². The second-order valence-corrected chi connectivity index (χ2v) is 8.29. The molecule has 1 aromatic rings. The molecule has 0 aromatic heterocycles. The van der Waals surface area contributed by atoms with Crippen molar-refractivity contribution in [2.24, 2.45) is 0 Å². The van der Waals surface area contributed by atoms with Gasteiger partial charge >= 0.3 is 0 Å². The normalized spacial score (nSPS) is 22.3. The molecule has 0 spiro atoms. The fourth-order valence-electron chi connectivity index (χ4n) is 2.47. The number of hydrogen-bond donors (Lipinski definition) is 1. The third-order valence-corrected chi connectivity index (χ3v) is 5.74. The number of hydrogen-bond acceptors (Lipinski definition) is 3. The predicted octanol–water partition coefficient (Wildman–Crippen LogP) is 2.55. The van der Waals surface area contributed by atoms with Crippen LogP contribution < -0.4 is 5.32 Å². The molecule has 1 aromatic carbocycles. The summed E-state index contributed by atoms with van der Waals surface area (Å²) in [5.74, 6) is 0.674. The summed E-state index contributed by atoms with van der Waals surface area (Å²) in [6.07, 6.45) is 3.83. The minimum Gasteiger partial charge on any atom is -0.313 e. The maximum atomic E-state index is 11.5. The van der Waals surface area contributed by atoms with Gasteiger partial charge in [-0.3, -0.25) is 0 Å². The van der Waals surface area contributed by atoms with Crippen molar-refractivity contribution in [1.29, 1.82) is 0 Å². The van der Waals surface area contributed by atoms with E-state index in [2.05, 4.69) is 33.4 Å². The van der Waals surface area contributed by atoms with Gasteiger partial charge in [0.1, 0.15) is 0 Å². The van der Waals surface area contributed by atoms with Crippen molar-refractivity contribution in [2.45, 2.75) is 31.7 Å². The van der Waals surface area contributed by atoms with Gasteiger partial charge < -0.3 is 5.32 Å². The number of sulfone groups is 1. The van der Waals surface area contributed by atoms with E-state index in [4.69, 9.17) is 0 Å². The van der Waals surface area contributed by atoms with Gasteiger partial charge in [0.2, 0.25) is 0 Å². The molecule has 1 saturated heterocycles. The largest absolute Gasteiger partial charge is 0.313 e. The van der Waals surface area contributed by atoms with E-state index in [1.165, 1.54) is 5.56 Å². The molecule has 2 rings (SSSR count). The maximum Gasteiger partial charge on any atom is 0.151 e. The summed E-state index contributed by atoms with van der Waals surface area (Å²) >= 11 is 3.46. The molecule has 1 unspecified atom stereocenters. The monoisotopic (exact) mass is 345 g/mol. The maximum absolute atomic E-state index is 11.5. The van der Waals surface area contributed by atoms with E-state index in [9.17, 15) is 8.42 Å². The second kappa shape index (κ2) is 6.86. The molecule has 0 saturated carbocycles. The van der Waals surface area contributed by atoms with Gasteiger partial charge in [-0.1, -0.05) is 28.1 Å². The average Bonchev–Trinajstić information content (AvgIpc) is 2.34. The Balaban J connectivity index is 1.69. The molecule has 1 N–H and O–H groups in total. The molecule has 0 aliphatic carbocycles. The summed E-state index contributed by atoms with van der Waals surface area (Å²) in [6.45, 7) is 0.882. The lowest BCUT2D eigenvalue weighted by molar-refractivity contribution is 0.476. The van der Waals surface area contributed by atoms with E-state index in [1.807, 2.05) is 12.1 Å². The highest BCUT2D eigenvalue weighted by Crippen LogP contribution is 2.14. The quantitative estimate of drug-likeness (QED) is 0.834. The van der Waals surface area contributed by atoms with Crippen LogP contribution in [0.2, 0.25) is 0 Å². The van der Waals surface area contributed by atoms with Crippen molar-refractivity contribution in [1.82, 2.24) is 5.32 Å². The Labute approximate surface area is 123 Å². The van der Waals surface area contributed by atoms with Gasteiger partial charge in [0.25, 0.3) is 0 Å². The van der Waals surface area contributed by atoms with Crippen molar-refractivity contribution in [3.63, 3.8) is 0 Å². The Morgan fingerprint density at radius 3 is 2.95 bits per heavy atom. The van der Waals surface area contributed by atoms with E-state index >= 15 is 0 Å². The first-order valence-corrected chi connectivity index (χ1v) is 9.35. The number of halogens is 1. The molecule has 0 bridgehead atoms. The lowest BCUT2D eigenvalue weighted by atomic mass is 10.1. The van der Waals surface area contributed by atoms with Gasteiger partial charge in [0.05, 0.1) is 11.5 Å². The SMILES string of the molecule is O=S1(=O)CCCC(NCCCc2cccc(Br)c2)C1. The van der Waals surface area contributed by atoms with Crippen LogP contribution in [0.15, 0.2) is 28.7 Å². The Hall–Kier alpha value is -0.390. The first-order valence-electron chi connectivity index (χ1n) is 6.73. The fraction of sp³-hybridized carbons (Fsp3) is 0.571. The Morgan fingerprint density at radius 2 is 2.21 bits per heavy atom. The molecule has 3 nitrogen and oxygen atoms in total. The minimum absolute atomic E-state index is 0.154. The first-order chi connectivity index (χ1) is 9.05. The van der Waals surface area contributed by atoms with Crippen molar-refractivity contribution >= 4 is 25.8 Å². The van der Waals surface area contributed by atoms with Gasteiger partial charge in [0.15, 0.2) is 9.84 Å². The van der Waals surface area contributed by atoms with Crippen LogP contribution in [-0.2, 0) is 16.3 Å². The summed E-state index contributed by atoms with van der Waals surface area (Å²) in [4.78, 5) is 0. The van der Waals surface area contributed by atoms with E-state index in [0.717, 1.165) is 36.7 Å². The molecule has 0 radical (unpaired) electrons. The fourth-order valence-corrected chi connectivity index (χ4v) is 4.59. The van der Waals surface area contributed by atoms with Crippen LogP contribution >= 0.6 is 15.9 Å². The van der Waals surface area contributed by atoms with Crippen LogP contribution in [0, 0.1) is 0 Å². The summed E-state index contributed by atoms with van der Waals surface area (Å²) < 4.78 is 24.1. The third-order valence-electron chi connectivity index (χ3n) is 3.43. The van der Waals surface area contributed by atoms with Crippen LogP contribution in [0.25, 0.3) is 0 Å². The predicted molar refractivity (Wildman–Crippen MR) is 82.1 cm³/mol. The Morgan fingerprint density at radius 1 is 1.37 bits per heavy atom. The van der Waals surface area contributed by atoms with Gasteiger partial charge in [-0.15, -0.1) is 0 Å². The van der Waals surface area contributed by atoms with Crippen molar-refractivity contribution < 1.29 is 8.42 Å². The highest BCUT2D eigenvalue weighted by molar-refractivity contribution is 9.10. The van der Waals surface area contributed by atoms with E-state index < -0.39 is 9.84 Å². The summed E-state index contributed by atoms with van der Waals surface area (Å²) in [5, 5.41) is 3.37. The summed E-state index contributed by atoms with van der Waals surface area (Å²) in [6, 6.07) is 8.47. The molecule has 1 aliphatic heterocycles. The van der Waals surface area contributed by atoms with Gasteiger partial charge in [-0.25, -0.2) is 8.42 Å². The molecule has 106 valence electrons. The van der Waals surface area contributed by atoms with Crippen LogP contribution in [0.4, 0.5) is 0 Å². The van der Waals surface area contributed by atoms with Gasteiger partial charge in [-0.2, -0.15) is 0 Å². The number of benzene rings is 1. The zero-order valence-corrected chi connectivity index (χ0v) is 13.3. The molecule has 19 heavy (non-hydrogen) atoms. The molecule has 1 fully saturated rings. The molecule has 1 heterocycles. The van der Waals surface area contributed by atoms with Gasteiger partial charge in [0, 0.05) is 10.5 Å². The zero-order chi connectivity index (χ0) is 13.7. The molecule has 1 aliphatic rings. The standard InChI is InChI=1S/C14H20BrNO2S/c15-13-6-1-4-12(10-13)5-2-8-16-14-7-3-9-19(17,18)11-14/h1,4,6,10,14,16H,2-3,5,7-9,11H2. The number of aryl methyl sites for hydroxylation is 1. The topological polar surface area (TPSA) is 46.2 Å². The summed E-state index contributed by atoms with van der Waals surface area (Å²) in [7, 11) is -2.80. The number of nitrogens with one attached hydrogen (secondary N) is 1. The molecule has 1 atom stereocenters. The highest BCUT2D eigenvalue weighted by Gasteiger charge is 2.23. The van der Waals surface area contributed by atoms with E-state index in [1.54, 1.807) is 0 Å². The zero-order valence-electron chi connectivity index (χ0n) is 10.9. The lowest BCUT2D eigenvalue weighted by Gasteiger charge is -2.23. The molecular weight excluding hydrogens is 326 g/mol. The molecule has 5 heteroatoms. The van der Waals surface area contributed by atoms with E-state index in [0.29, 0.717) is 11.5 Å². The molecule has 0 amide bonds. The Bertz CT molecular complexity index is 516. The Kier molecular flexibility index (Phi) is 5.42. The highest BCUT2D eigenvalue weighted by atomic mass is 79.9. The average molecular weight is 346 g/mol. The minimum atomic E-state index is -2.80. The molecular formula is C14H20BrNO2S. The van der Waals surface area contributed by atoms with Crippen LogP contribution in [0.1, 0.15) is 24.8 Å². The van der Waals surface area contributed by atoms with Crippen molar-refractivity contribution in [2.75, 3.05) is 18.1 Å². The van der Waals surface area contributed by atoms with Crippen LogP contribution in [-0.4, -0.2) is 32.5 Å². The third kappa shape index (κ3) is 5.24. The smallest absolute Gasteiger partial charge is 0.151 e. The number of rotatable bonds is 5.